The van der Waals surface area contributed by atoms with Crippen molar-refractivity contribution >= 4 is 11.8 Å². The Morgan fingerprint density at radius 2 is 1.52 bits per heavy atom. The standard InChI is InChI=1S/C21H23F2N3O3/c22-17-5-1-15(2-6-17)19(26-9-11-29-12-10-26)13-24-20(27)14-25-21(28)16-3-7-18(23)8-4-16/h1-8,19H,9-14H2,(H,24,27)(H,25,28). The summed E-state index contributed by atoms with van der Waals surface area (Å²) < 4.78 is 31.6. The number of amides is 2. The molecular weight excluding hydrogens is 380 g/mol. The lowest BCUT2D eigenvalue weighted by molar-refractivity contribution is -0.120. The van der Waals surface area contributed by atoms with E-state index in [2.05, 4.69) is 15.5 Å². The molecule has 2 N–H and O–H groups in total. The van der Waals surface area contributed by atoms with Crippen LogP contribution in [-0.2, 0) is 9.53 Å². The molecule has 29 heavy (non-hydrogen) atoms. The van der Waals surface area contributed by atoms with Crippen LogP contribution < -0.4 is 10.6 Å². The van der Waals surface area contributed by atoms with E-state index in [1.54, 1.807) is 12.1 Å². The number of hydrogen-bond acceptors (Lipinski definition) is 4. The number of carbonyl (C=O) groups is 2. The minimum Gasteiger partial charge on any atom is -0.379 e. The number of rotatable bonds is 7. The van der Waals surface area contributed by atoms with Crippen molar-refractivity contribution in [3.63, 3.8) is 0 Å². The summed E-state index contributed by atoms with van der Waals surface area (Å²) in [5.41, 5.74) is 1.17. The zero-order chi connectivity index (χ0) is 20.6. The average Bonchev–Trinajstić information content (AvgIpc) is 2.74. The van der Waals surface area contributed by atoms with Gasteiger partial charge in [-0.15, -0.1) is 0 Å². The molecule has 0 saturated carbocycles. The van der Waals surface area contributed by atoms with Gasteiger partial charge in [0.05, 0.1) is 25.8 Å². The second kappa shape index (κ2) is 10.1. The molecule has 1 aliphatic heterocycles. The molecule has 8 heteroatoms. The Bertz CT molecular complexity index is 822. The van der Waals surface area contributed by atoms with Crippen LogP contribution in [0.25, 0.3) is 0 Å². The second-order valence-corrected chi connectivity index (χ2v) is 6.71. The van der Waals surface area contributed by atoms with Crippen LogP contribution in [0.5, 0.6) is 0 Å². The van der Waals surface area contributed by atoms with Gasteiger partial charge >= 0.3 is 0 Å². The van der Waals surface area contributed by atoms with E-state index in [4.69, 9.17) is 4.74 Å². The molecule has 2 aromatic rings. The molecule has 0 radical (unpaired) electrons. The topological polar surface area (TPSA) is 70.7 Å². The Kier molecular flexibility index (Phi) is 7.26. The maximum atomic E-state index is 13.3. The number of hydrogen-bond donors (Lipinski definition) is 2. The summed E-state index contributed by atoms with van der Waals surface area (Å²) in [4.78, 5) is 26.4. The van der Waals surface area contributed by atoms with Crippen LogP contribution in [-0.4, -0.2) is 56.1 Å². The van der Waals surface area contributed by atoms with Gasteiger partial charge < -0.3 is 15.4 Å². The number of halogens is 2. The Hall–Kier alpha value is -2.84. The van der Waals surface area contributed by atoms with Crippen molar-refractivity contribution in [3.8, 4) is 0 Å². The van der Waals surface area contributed by atoms with Gasteiger partial charge in [0, 0.05) is 25.2 Å². The SMILES string of the molecule is O=C(CNC(=O)c1ccc(F)cc1)NCC(c1ccc(F)cc1)N1CCOCC1. The van der Waals surface area contributed by atoms with Crippen LogP contribution in [0.3, 0.4) is 0 Å². The number of benzene rings is 2. The summed E-state index contributed by atoms with van der Waals surface area (Å²) >= 11 is 0. The van der Waals surface area contributed by atoms with Crippen LogP contribution in [0, 0.1) is 11.6 Å². The molecule has 1 unspecified atom stereocenters. The number of nitrogens with one attached hydrogen (secondary N) is 2. The van der Waals surface area contributed by atoms with Gasteiger partial charge in [0.2, 0.25) is 5.91 Å². The molecule has 1 atom stereocenters. The summed E-state index contributed by atoms with van der Waals surface area (Å²) in [5.74, 6) is -1.56. The molecule has 6 nitrogen and oxygen atoms in total. The highest BCUT2D eigenvalue weighted by atomic mass is 19.1. The molecule has 3 rings (SSSR count). The Labute approximate surface area is 167 Å². The maximum Gasteiger partial charge on any atom is 0.251 e. The van der Waals surface area contributed by atoms with Gasteiger partial charge in [-0.05, 0) is 42.0 Å². The fourth-order valence-corrected chi connectivity index (χ4v) is 3.17. The van der Waals surface area contributed by atoms with Crippen molar-refractivity contribution in [3.05, 3.63) is 71.3 Å². The quantitative estimate of drug-likeness (QED) is 0.741. The van der Waals surface area contributed by atoms with Crippen molar-refractivity contribution < 1.29 is 23.1 Å². The van der Waals surface area contributed by atoms with E-state index in [0.29, 0.717) is 32.8 Å². The molecule has 0 spiro atoms. The minimum absolute atomic E-state index is 0.128. The third-order valence-electron chi connectivity index (χ3n) is 4.75. The van der Waals surface area contributed by atoms with Crippen LogP contribution >= 0.6 is 0 Å². The largest absolute Gasteiger partial charge is 0.379 e. The minimum atomic E-state index is -0.455. The summed E-state index contributed by atoms with van der Waals surface area (Å²) in [6, 6.07) is 11.2. The molecule has 0 aliphatic carbocycles. The van der Waals surface area contributed by atoms with E-state index in [9.17, 15) is 18.4 Å². The second-order valence-electron chi connectivity index (χ2n) is 6.71. The van der Waals surface area contributed by atoms with Crippen LogP contribution in [0.4, 0.5) is 8.78 Å². The highest BCUT2D eigenvalue weighted by Crippen LogP contribution is 2.21. The first-order chi connectivity index (χ1) is 14.0. The van der Waals surface area contributed by atoms with Crippen molar-refractivity contribution in [1.29, 1.82) is 0 Å². The predicted octanol–water partition coefficient (Wildman–Crippen LogP) is 1.88. The predicted molar refractivity (Wildman–Crippen MR) is 103 cm³/mol. The van der Waals surface area contributed by atoms with E-state index >= 15 is 0 Å². The van der Waals surface area contributed by atoms with Crippen LogP contribution in [0.1, 0.15) is 22.0 Å². The van der Waals surface area contributed by atoms with E-state index < -0.39 is 11.7 Å². The lowest BCUT2D eigenvalue weighted by Gasteiger charge is -2.35. The third-order valence-corrected chi connectivity index (χ3v) is 4.75. The van der Waals surface area contributed by atoms with E-state index in [-0.39, 0.29) is 29.9 Å². The normalized spacial score (nSPS) is 15.5. The lowest BCUT2D eigenvalue weighted by atomic mass is 10.0. The first kappa shape index (κ1) is 20.9. The van der Waals surface area contributed by atoms with Gasteiger partial charge in [-0.3, -0.25) is 14.5 Å². The van der Waals surface area contributed by atoms with E-state index in [1.807, 2.05) is 0 Å². The van der Waals surface area contributed by atoms with Gasteiger partial charge in [0.15, 0.2) is 0 Å². The number of nitrogens with zero attached hydrogens (tertiary/aromatic N) is 1. The summed E-state index contributed by atoms with van der Waals surface area (Å²) in [5, 5.41) is 5.33. The van der Waals surface area contributed by atoms with Crippen molar-refractivity contribution in [2.75, 3.05) is 39.4 Å². The van der Waals surface area contributed by atoms with Crippen molar-refractivity contribution in [1.82, 2.24) is 15.5 Å². The average molecular weight is 403 g/mol. The lowest BCUT2D eigenvalue weighted by Crippen LogP contribution is -2.45. The molecule has 1 heterocycles. The number of carbonyl (C=O) groups excluding carboxylic acids is 2. The molecule has 1 saturated heterocycles. The highest BCUT2D eigenvalue weighted by molar-refractivity contribution is 5.96. The first-order valence-electron chi connectivity index (χ1n) is 9.40. The van der Waals surface area contributed by atoms with Gasteiger partial charge in [-0.1, -0.05) is 12.1 Å². The molecule has 154 valence electrons. The smallest absolute Gasteiger partial charge is 0.251 e. The Morgan fingerprint density at radius 3 is 2.14 bits per heavy atom. The van der Waals surface area contributed by atoms with E-state index in [1.165, 1.54) is 36.4 Å². The maximum absolute atomic E-state index is 13.3. The summed E-state index contributed by atoms with van der Waals surface area (Å²) in [6.07, 6.45) is 0. The zero-order valence-corrected chi connectivity index (χ0v) is 15.9. The summed E-state index contributed by atoms with van der Waals surface area (Å²) in [7, 11) is 0. The van der Waals surface area contributed by atoms with Gasteiger partial charge in [0.1, 0.15) is 11.6 Å². The molecule has 2 aromatic carbocycles. The van der Waals surface area contributed by atoms with Crippen LogP contribution in [0.2, 0.25) is 0 Å². The van der Waals surface area contributed by atoms with Crippen molar-refractivity contribution in [2.24, 2.45) is 0 Å². The number of morpholine rings is 1. The fraction of sp³-hybridized carbons (Fsp3) is 0.333. The van der Waals surface area contributed by atoms with Gasteiger partial charge in [0.25, 0.3) is 5.91 Å². The summed E-state index contributed by atoms with van der Waals surface area (Å²) in [6.45, 7) is 2.73. The molecule has 0 bridgehead atoms. The molecular formula is C21H23F2N3O3. The number of ether oxygens (including phenoxy) is 1. The van der Waals surface area contributed by atoms with Gasteiger partial charge in [-0.2, -0.15) is 0 Å². The molecule has 1 aliphatic rings. The fourth-order valence-electron chi connectivity index (χ4n) is 3.17. The molecule has 1 fully saturated rings. The Balaban J connectivity index is 1.55. The Morgan fingerprint density at radius 1 is 0.931 bits per heavy atom. The van der Waals surface area contributed by atoms with Crippen LogP contribution in [0.15, 0.2) is 48.5 Å². The van der Waals surface area contributed by atoms with Gasteiger partial charge in [-0.25, -0.2) is 8.78 Å². The zero-order valence-electron chi connectivity index (χ0n) is 15.9. The van der Waals surface area contributed by atoms with Crippen molar-refractivity contribution in [2.45, 2.75) is 6.04 Å². The van der Waals surface area contributed by atoms with E-state index in [0.717, 1.165) is 5.56 Å². The first-order valence-corrected chi connectivity index (χ1v) is 9.40. The molecule has 0 aromatic heterocycles. The third kappa shape index (κ3) is 6.07. The highest BCUT2D eigenvalue weighted by Gasteiger charge is 2.23. The monoisotopic (exact) mass is 403 g/mol. The molecule has 2 amide bonds.